The Labute approximate surface area is 140 Å². The van der Waals surface area contributed by atoms with E-state index in [1.54, 1.807) is 0 Å². The lowest BCUT2D eigenvalue weighted by molar-refractivity contribution is -0.141. The number of carboxylic acids is 1. The van der Waals surface area contributed by atoms with Gasteiger partial charge in [0.15, 0.2) is 0 Å². The molecule has 0 aliphatic heterocycles. The molecule has 0 bridgehead atoms. The SMILES string of the molecule is CO/C=C(/C(=O)O)c1ccccc1C(=O)c1cccc(C(F)(F)F)n1. The maximum atomic E-state index is 12.8. The van der Waals surface area contributed by atoms with Gasteiger partial charge in [0, 0.05) is 11.1 Å². The molecule has 0 amide bonds. The first-order valence-corrected chi connectivity index (χ1v) is 6.90. The van der Waals surface area contributed by atoms with Crippen molar-refractivity contribution < 1.29 is 32.6 Å². The van der Waals surface area contributed by atoms with Crippen molar-refractivity contribution in [2.45, 2.75) is 6.18 Å². The van der Waals surface area contributed by atoms with E-state index in [9.17, 15) is 27.9 Å². The Morgan fingerprint density at radius 3 is 2.28 bits per heavy atom. The molecule has 130 valence electrons. The molecule has 1 heterocycles. The minimum Gasteiger partial charge on any atom is -0.503 e. The van der Waals surface area contributed by atoms with Crippen LogP contribution in [0.1, 0.15) is 27.3 Å². The van der Waals surface area contributed by atoms with E-state index < -0.39 is 29.3 Å². The van der Waals surface area contributed by atoms with Crippen LogP contribution < -0.4 is 0 Å². The van der Waals surface area contributed by atoms with Gasteiger partial charge in [-0.3, -0.25) is 4.79 Å². The number of carbonyl (C=O) groups excluding carboxylic acids is 1. The molecule has 0 saturated heterocycles. The van der Waals surface area contributed by atoms with Crippen molar-refractivity contribution in [3.8, 4) is 0 Å². The second kappa shape index (κ2) is 7.16. The van der Waals surface area contributed by atoms with Crippen molar-refractivity contribution in [2.24, 2.45) is 0 Å². The van der Waals surface area contributed by atoms with Crippen molar-refractivity contribution in [3.63, 3.8) is 0 Å². The third kappa shape index (κ3) is 4.03. The molecule has 1 aromatic heterocycles. The highest BCUT2D eigenvalue weighted by Gasteiger charge is 2.33. The molecule has 0 aliphatic rings. The molecule has 0 saturated carbocycles. The number of halogens is 3. The summed E-state index contributed by atoms with van der Waals surface area (Å²) < 4.78 is 43.0. The molecule has 1 N–H and O–H groups in total. The number of hydrogen-bond donors (Lipinski definition) is 1. The molecule has 5 nitrogen and oxygen atoms in total. The molecule has 25 heavy (non-hydrogen) atoms. The Bertz CT molecular complexity index is 844. The number of rotatable bonds is 5. The van der Waals surface area contributed by atoms with Gasteiger partial charge in [0.25, 0.3) is 0 Å². The summed E-state index contributed by atoms with van der Waals surface area (Å²) in [5, 5.41) is 9.26. The number of ether oxygens (including phenoxy) is 1. The van der Waals surface area contributed by atoms with Crippen LogP contribution in [0.4, 0.5) is 13.2 Å². The van der Waals surface area contributed by atoms with Crippen molar-refractivity contribution in [2.75, 3.05) is 7.11 Å². The maximum Gasteiger partial charge on any atom is 0.433 e. The van der Waals surface area contributed by atoms with Crippen LogP contribution in [-0.2, 0) is 15.7 Å². The lowest BCUT2D eigenvalue weighted by Gasteiger charge is -2.10. The molecule has 0 spiro atoms. The van der Waals surface area contributed by atoms with Gasteiger partial charge < -0.3 is 9.84 Å². The van der Waals surface area contributed by atoms with Crippen LogP contribution >= 0.6 is 0 Å². The van der Waals surface area contributed by atoms with Gasteiger partial charge in [-0.15, -0.1) is 0 Å². The highest BCUT2D eigenvalue weighted by molar-refractivity contribution is 6.20. The normalized spacial score (nSPS) is 11.9. The summed E-state index contributed by atoms with van der Waals surface area (Å²) in [4.78, 5) is 27.3. The van der Waals surface area contributed by atoms with Gasteiger partial charge in [-0.2, -0.15) is 13.2 Å². The molecular weight excluding hydrogens is 339 g/mol. The highest BCUT2D eigenvalue weighted by atomic mass is 19.4. The van der Waals surface area contributed by atoms with Crippen LogP contribution in [-0.4, -0.2) is 29.0 Å². The third-order valence-corrected chi connectivity index (χ3v) is 3.20. The van der Waals surface area contributed by atoms with Crippen LogP contribution in [0.5, 0.6) is 0 Å². The third-order valence-electron chi connectivity index (χ3n) is 3.20. The van der Waals surface area contributed by atoms with Gasteiger partial charge in [-0.25, -0.2) is 9.78 Å². The van der Waals surface area contributed by atoms with E-state index in [1.807, 2.05) is 0 Å². The van der Waals surface area contributed by atoms with E-state index in [-0.39, 0.29) is 16.7 Å². The summed E-state index contributed by atoms with van der Waals surface area (Å²) in [5.41, 5.74) is -2.04. The predicted molar refractivity (Wildman–Crippen MR) is 81.7 cm³/mol. The topological polar surface area (TPSA) is 76.5 Å². The van der Waals surface area contributed by atoms with Crippen molar-refractivity contribution in [1.29, 1.82) is 0 Å². The number of aromatic nitrogens is 1. The number of alkyl halides is 3. The number of methoxy groups -OCH3 is 1. The lowest BCUT2D eigenvalue weighted by Crippen LogP contribution is -2.14. The first-order chi connectivity index (χ1) is 11.8. The molecule has 0 radical (unpaired) electrons. The fourth-order valence-electron chi connectivity index (χ4n) is 2.12. The smallest absolute Gasteiger partial charge is 0.433 e. The number of hydrogen-bond acceptors (Lipinski definition) is 4. The maximum absolute atomic E-state index is 12.8. The Kier molecular flexibility index (Phi) is 5.21. The average Bonchev–Trinajstić information content (AvgIpc) is 2.58. The number of nitrogens with zero attached hydrogens (tertiary/aromatic N) is 1. The highest BCUT2D eigenvalue weighted by Crippen LogP contribution is 2.28. The van der Waals surface area contributed by atoms with Crippen LogP contribution in [0.3, 0.4) is 0 Å². The first-order valence-electron chi connectivity index (χ1n) is 6.90. The monoisotopic (exact) mass is 351 g/mol. The number of pyridine rings is 1. The van der Waals surface area contributed by atoms with E-state index in [0.29, 0.717) is 0 Å². The van der Waals surface area contributed by atoms with E-state index in [0.717, 1.165) is 24.5 Å². The van der Waals surface area contributed by atoms with E-state index in [1.165, 1.54) is 31.4 Å². The summed E-state index contributed by atoms with van der Waals surface area (Å²) in [6, 6.07) is 8.58. The quantitative estimate of drug-likeness (QED) is 0.508. The van der Waals surface area contributed by atoms with Crippen molar-refractivity contribution >= 4 is 17.3 Å². The second-order valence-corrected chi connectivity index (χ2v) is 4.85. The van der Waals surface area contributed by atoms with Gasteiger partial charge >= 0.3 is 12.1 Å². The van der Waals surface area contributed by atoms with Gasteiger partial charge in [0.05, 0.1) is 13.4 Å². The van der Waals surface area contributed by atoms with Crippen molar-refractivity contribution in [3.05, 3.63) is 71.2 Å². The molecule has 1 aromatic carbocycles. The summed E-state index contributed by atoms with van der Waals surface area (Å²) in [5.74, 6) is -2.18. The summed E-state index contributed by atoms with van der Waals surface area (Å²) in [7, 11) is 1.24. The van der Waals surface area contributed by atoms with Crippen molar-refractivity contribution in [1.82, 2.24) is 4.98 Å². The molecule has 8 heteroatoms. The average molecular weight is 351 g/mol. The minimum atomic E-state index is -4.70. The number of aliphatic carboxylic acids is 1. The van der Waals surface area contributed by atoms with Crippen LogP contribution in [0.2, 0.25) is 0 Å². The Morgan fingerprint density at radius 2 is 1.72 bits per heavy atom. The zero-order valence-electron chi connectivity index (χ0n) is 12.9. The second-order valence-electron chi connectivity index (χ2n) is 4.85. The first kappa shape index (κ1) is 18.2. The number of carbonyl (C=O) groups is 2. The largest absolute Gasteiger partial charge is 0.503 e. The number of benzene rings is 1. The molecule has 0 aliphatic carbocycles. The number of ketones is 1. The molecule has 0 fully saturated rings. The molecule has 0 atom stereocenters. The minimum absolute atomic E-state index is 0.0149. The summed E-state index contributed by atoms with van der Waals surface area (Å²) >= 11 is 0. The van der Waals surface area contributed by atoms with Crippen LogP contribution in [0.15, 0.2) is 48.7 Å². The zero-order valence-corrected chi connectivity index (χ0v) is 12.9. The van der Waals surface area contributed by atoms with E-state index >= 15 is 0 Å². The van der Waals surface area contributed by atoms with Gasteiger partial charge in [0.1, 0.15) is 17.0 Å². The van der Waals surface area contributed by atoms with Crippen LogP contribution in [0.25, 0.3) is 5.57 Å². The Balaban J connectivity index is 2.55. The lowest BCUT2D eigenvalue weighted by atomic mass is 9.96. The zero-order chi connectivity index (χ0) is 18.6. The fraction of sp³-hybridized carbons (Fsp3) is 0.118. The molecule has 0 unspecified atom stereocenters. The van der Waals surface area contributed by atoms with Gasteiger partial charge in [0.2, 0.25) is 5.78 Å². The predicted octanol–water partition coefficient (Wildman–Crippen LogP) is 3.40. The Hall–Kier alpha value is -3.16. The Morgan fingerprint density at radius 1 is 1.08 bits per heavy atom. The fourth-order valence-corrected chi connectivity index (χ4v) is 2.12. The standard InChI is InChI=1S/C17H12F3NO4/c1-25-9-12(16(23)24)10-5-2-3-6-11(10)15(22)13-7-4-8-14(21-13)17(18,19)20/h2-9H,1H3,(H,23,24)/b12-9+. The van der Waals surface area contributed by atoms with E-state index in [2.05, 4.69) is 4.98 Å². The summed E-state index contributed by atoms with van der Waals surface area (Å²) in [6.07, 6.45) is -3.76. The molecular formula is C17H12F3NO4. The van der Waals surface area contributed by atoms with Gasteiger partial charge in [-0.1, -0.05) is 30.3 Å². The van der Waals surface area contributed by atoms with E-state index in [4.69, 9.17) is 4.74 Å². The van der Waals surface area contributed by atoms with Crippen LogP contribution in [0, 0.1) is 0 Å². The summed E-state index contributed by atoms with van der Waals surface area (Å²) in [6.45, 7) is 0. The molecule has 2 aromatic rings. The number of carboxylic acid groups (broad SMARTS) is 1. The van der Waals surface area contributed by atoms with Gasteiger partial charge in [-0.05, 0) is 12.1 Å². The molecule has 2 rings (SSSR count).